The van der Waals surface area contributed by atoms with Gasteiger partial charge in [-0.3, -0.25) is 14.2 Å². The van der Waals surface area contributed by atoms with Gasteiger partial charge in [0.2, 0.25) is 5.91 Å². The molecule has 0 unspecified atom stereocenters. The number of amides is 2. The summed E-state index contributed by atoms with van der Waals surface area (Å²) in [5.74, 6) is -0.522. The number of nitrogens with zero attached hydrogens (tertiary/aromatic N) is 2. The Kier molecular flexibility index (Phi) is 3.48. The summed E-state index contributed by atoms with van der Waals surface area (Å²) in [5, 5.41) is 0. The number of likely N-dealkylation sites (tertiary alicyclic amines) is 1. The number of hydrogen-bond donors (Lipinski definition) is 2. The third kappa shape index (κ3) is 2.38. The SMILES string of the molecule is Cn1c(=O)[nH]c2ccc(C(=O)N3CCC(C(N)=O)CC3)cc21. The van der Waals surface area contributed by atoms with E-state index in [2.05, 4.69) is 4.98 Å². The topological polar surface area (TPSA) is 101 Å². The van der Waals surface area contributed by atoms with E-state index < -0.39 is 0 Å². The Morgan fingerprint density at radius 3 is 2.59 bits per heavy atom. The first-order valence-electron chi connectivity index (χ1n) is 7.24. The van der Waals surface area contributed by atoms with Crippen molar-refractivity contribution in [2.45, 2.75) is 12.8 Å². The van der Waals surface area contributed by atoms with Crippen molar-refractivity contribution in [3.8, 4) is 0 Å². The highest BCUT2D eigenvalue weighted by Gasteiger charge is 2.26. The summed E-state index contributed by atoms with van der Waals surface area (Å²) in [7, 11) is 1.66. The van der Waals surface area contributed by atoms with Crippen LogP contribution < -0.4 is 11.4 Å². The summed E-state index contributed by atoms with van der Waals surface area (Å²) in [6.07, 6.45) is 1.21. The molecule has 0 spiro atoms. The zero-order valence-electron chi connectivity index (χ0n) is 12.3. The average Bonchev–Trinajstić information content (AvgIpc) is 2.81. The van der Waals surface area contributed by atoms with Crippen LogP contribution in [0.3, 0.4) is 0 Å². The van der Waals surface area contributed by atoms with E-state index in [9.17, 15) is 14.4 Å². The second-order valence-electron chi connectivity index (χ2n) is 5.69. The van der Waals surface area contributed by atoms with Gasteiger partial charge in [-0.2, -0.15) is 0 Å². The van der Waals surface area contributed by atoms with Crippen LogP contribution in [0.25, 0.3) is 11.0 Å². The predicted octanol–water partition coefficient (Wildman–Crippen LogP) is 0.204. The van der Waals surface area contributed by atoms with Gasteiger partial charge < -0.3 is 15.6 Å². The molecule has 1 aromatic carbocycles. The molecule has 7 nitrogen and oxygen atoms in total. The maximum Gasteiger partial charge on any atom is 0.326 e. The van der Waals surface area contributed by atoms with Crippen LogP contribution >= 0.6 is 0 Å². The van der Waals surface area contributed by atoms with E-state index in [-0.39, 0.29) is 23.4 Å². The van der Waals surface area contributed by atoms with E-state index in [0.29, 0.717) is 42.5 Å². The van der Waals surface area contributed by atoms with E-state index in [4.69, 9.17) is 5.73 Å². The Bertz CT molecular complexity index is 797. The van der Waals surface area contributed by atoms with E-state index in [1.165, 1.54) is 4.57 Å². The van der Waals surface area contributed by atoms with Gasteiger partial charge in [-0.05, 0) is 31.0 Å². The van der Waals surface area contributed by atoms with Crippen LogP contribution in [-0.2, 0) is 11.8 Å². The number of imidazole rings is 1. The van der Waals surface area contributed by atoms with Crippen LogP contribution in [0.1, 0.15) is 23.2 Å². The van der Waals surface area contributed by atoms with E-state index in [1.54, 1.807) is 30.1 Å². The lowest BCUT2D eigenvalue weighted by molar-refractivity contribution is -0.123. The van der Waals surface area contributed by atoms with Crippen molar-refractivity contribution in [2.75, 3.05) is 13.1 Å². The number of H-pyrrole nitrogens is 1. The van der Waals surface area contributed by atoms with Gasteiger partial charge in [0, 0.05) is 31.6 Å². The fraction of sp³-hybridized carbons (Fsp3) is 0.400. The van der Waals surface area contributed by atoms with E-state index >= 15 is 0 Å². The van der Waals surface area contributed by atoms with Crippen LogP contribution in [0.15, 0.2) is 23.0 Å². The van der Waals surface area contributed by atoms with Gasteiger partial charge in [-0.25, -0.2) is 4.79 Å². The van der Waals surface area contributed by atoms with Crippen molar-refractivity contribution < 1.29 is 9.59 Å². The Morgan fingerprint density at radius 2 is 1.95 bits per heavy atom. The van der Waals surface area contributed by atoms with E-state index in [1.807, 2.05) is 0 Å². The molecule has 7 heteroatoms. The van der Waals surface area contributed by atoms with Gasteiger partial charge in [-0.15, -0.1) is 0 Å². The number of piperidine rings is 1. The molecule has 22 heavy (non-hydrogen) atoms. The summed E-state index contributed by atoms with van der Waals surface area (Å²) >= 11 is 0. The van der Waals surface area contributed by atoms with Crippen LogP contribution in [-0.4, -0.2) is 39.4 Å². The minimum atomic E-state index is -0.296. The number of aryl methyl sites for hydroxylation is 1. The van der Waals surface area contributed by atoms with Crippen molar-refractivity contribution in [1.29, 1.82) is 0 Å². The number of nitrogens with two attached hydrogens (primary N) is 1. The monoisotopic (exact) mass is 302 g/mol. The average molecular weight is 302 g/mol. The molecule has 2 amide bonds. The highest BCUT2D eigenvalue weighted by atomic mass is 16.2. The molecular weight excluding hydrogens is 284 g/mol. The lowest BCUT2D eigenvalue weighted by Crippen LogP contribution is -2.41. The highest BCUT2D eigenvalue weighted by Crippen LogP contribution is 2.20. The number of aromatic nitrogens is 2. The molecule has 0 saturated carbocycles. The summed E-state index contributed by atoms with van der Waals surface area (Å²) in [5.41, 5.74) is 7.04. The molecule has 2 heterocycles. The number of primary amides is 1. The minimum absolute atomic E-state index is 0.0848. The highest BCUT2D eigenvalue weighted by molar-refractivity contribution is 5.97. The number of benzene rings is 1. The summed E-state index contributed by atoms with van der Waals surface area (Å²) in [6.45, 7) is 1.05. The number of rotatable bonds is 2. The first-order valence-corrected chi connectivity index (χ1v) is 7.24. The molecule has 0 bridgehead atoms. The summed E-state index contributed by atoms with van der Waals surface area (Å²) < 4.78 is 1.48. The molecule has 1 aromatic heterocycles. The molecular formula is C15H18N4O3. The number of nitrogens with one attached hydrogen (secondary N) is 1. The van der Waals surface area contributed by atoms with Gasteiger partial charge >= 0.3 is 5.69 Å². The lowest BCUT2D eigenvalue weighted by atomic mass is 9.96. The van der Waals surface area contributed by atoms with Crippen molar-refractivity contribution in [3.05, 3.63) is 34.2 Å². The Morgan fingerprint density at radius 1 is 1.27 bits per heavy atom. The van der Waals surface area contributed by atoms with Crippen molar-refractivity contribution >= 4 is 22.8 Å². The van der Waals surface area contributed by atoms with Gasteiger partial charge in [0.05, 0.1) is 11.0 Å². The summed E-state index contributed by atoms with van der Waals surface area (Å²) in [6, 6.07) is 5.16. The first kappa shape index (κ1) is 14.4. The molecule has 0 aliphatic carbocycles. The molecule has 1 saturated heterocycles. The molecule has 3 rings (SSSR count). The Labute approximate surface area is 126 Å². The molecule has 1 aliphatic heterocycles. The number of aromatic amines is 1. The molecule has 1 fully saturated rings. The Balaban J connectivity index is 1.82. The molecule has 2 aromatic rings. The fourth-order valence-electron chi connectivity index (χ4n) is 2.91. The van der Waals surface area contributed by atoms with Crippen molar-refractivity contribution in [2.24, 2.45) is 18.7 Å². The maximum atomic E-state index is 12.6. The molecule has 0 atom stereocenters. The molecule has 1 aliphatic rings. The first-order chi connectivity index (χ1) is 10.5. The number of carbonyl (C=O) groups is 2. The van der Waals surface area contributed by atoms with Crippen molar-refractivity contribution in [3.63, 3.8) is 0 Å². The number of carbonyl (C=O) groups excluding carboxylic acids is 2. The van der Waals surface area contributed by atoms with Crippen molar-refractivity contribution in [1.82, 2.24) is 14.5 Å². The number of fused-ring (bicyclic) bond motifs is 1. The van der Waals surface area contributed by atoms with Gasteiger partial charge in [0.25, 0.3) is 5.91 Å². The lowest BCUT2D eigenvalue weighted by Gasteiger charge is -2.30. The van der Waals surface area contributed by atoms with Gasteiger partial charge in [0.15, 0.2) is 0 Å². The molecule has 0 radical (unpaired) electrons. The Hall–Kier alpha value is -2.57. The maximum absolute atomic E-state index is 12.6. The third-order valence-electron chi connectivity index (χ3n) is 4.34. The second kappa shape index (κ2) is 5.32. The molecule has 116 valence electrons. The third-order valence-corrected chi connectivity index (χ3v) is 4.34. The zero-order chi connectivity index (χ0) is 15.9. The standard InChI is InChI=1S/C15H18N4O3/c1-18-12-8-10(2-3-11(12)17-15(18)22)14(21)19-6-4-9(5-7-19)13(16)20/h2-3,8-9H,4-7H2,1H3,(H2,16,20)(H,17,22). The zero-order valence-corrected chi connectivity index (χ0v) is 12.3. The van der Waals surface area contributed by atoms with Crippen LogP contribution in [0, 0.1) is 5.92 Å². The quantitative estimate of drug-likeness (QED) is 0.828. The normalized spacial score (nSPS) is 16.1. The predicted molar refractivity (Wildman–Crippen MR) is 81.4 cm³/mol. The number of hydrogen-bond acceptors (Lipinski definition) is 3. The van der Waals surface area contributed by atoms with Crippen LogP contribution in [0.2, 0.25) is 0 Å². The largest absolute Gasteiger partial charge is 0.369 e. The van der Waals surface area contributed by atoms with E-state index in [0.717, 1.165) is 0 Å². The summed E-state index contributed by atoms with van der Waals surface area (Å²) in [4.78, 5) is 39.8. The fourth-order valence-corrected chi connectivity index (χ4v) is 2.91. The van der Waals surface area contributed by atoms with Gasteiger partial charge in [0.1, 0.15) is 0 Å². The molecule has 3 N–H and O–H groups in total. The smallest absolute Gasteiger partial charge is 0.326 e. The van der Waals surface area contributed by atoms with Crippen LogP contribution in [0.5, 0.6) is 0 Å². The van der Waals surface area contributed by atoms with Crippen LogP contribution in [0.4, 0.5) is 0 Å². The minimum Gasteiger partial charge on any atom is -0.369 e. The van der Waals surface area contributed by atoms with Gasteiger partial charge in [-0.1, -0.05) is 0 Å². The second-order valence-corrected chi connectivity index (χ2v) is 5.69.